The number of ether oxygens (including phenoxy) is 3. The number of carbonyl (C=O) groups excluding carboxylic acids is 1. The summed E-state index contributed by atoms with van der Waals surface area (Å²) < 4.78 is 16.7. The van der Waals surface area contributed by atoms with Gasteiger partial charge in [-0.2, -0.15) is 0 Å². The zero-order valence-electron chi connectivity index (χ0n) is 16.3. The summed E-state index contributed by atoms with van der Waals surface area (Å²) in [7, 11) is 4.85. The predicted octanol–water partition coefficient (Wildman–Crippen LogP) is 4.46. The summed E-state index contributed by atoms with van der Waals surface area (Å²) in [6.45, 7) is 3.18. The Morgan fingerprint density at radius 3 is 2.15 bits per heavy atom. The average Bonchev–Trinajstić information content (AvgIpc) is 2.70. The quantitative estimate of drug-likeness (QED) is 0.583. The van der Waals surface area contributed by atoms with E-state index >= 15 is 0 Å². The molecule has 0 aliphatic rings. The molecule has 0 unspecified atom stereocenters. The number of hydrogen-bond acceptors (Lipinski definition) is 4. The van der Waals surface area contributed by atoms with Crippen LogP contribution in [0.4, 0.5) is 0 Å². The van der Waals surface area contributed by atoms with Crippen LogP contribution in [0.2, 0.25) is 0 Å². The lowest BCUT2D eigenvalue weighted by Gasteiger charge is -2.22. The number of halogens is 1. The van der Waals surface area contributed by atoms with Crippen molar-refractivity contribution in [2.24, 2.45) is 0 Å². The summed E-state index contributed by atoms with van der Waals surface area (Å²) in [6.07, 6.45) is 1.14. The van der Waals surface area contributed by atoms with Gasteiger partial charge < -0.3 is 19.1 Å². The van der Waals surface area contributed by atoms with Crippen molar-refractivity contribution in [1.82, 2.24) is 4.90 Å². The van der Waals surface area contributed by atoms with Gasteiger partial charge in [0.25, 0.3) is 0 Å². The highest BCUT2D eigenvalue weighted by Crippen LogP contribution is 2.28. The largest absolute Gasteiger partial charge is 0.496 e. The molecule has 5 nitrogen and oxygen atoms in total. The van der Waals surface area contributed by atoms with E-state index in [9.17, 15) is 4.79 Å². The summed E-state index contributed by atoms with van der Waals surface area (Å²) in [4.78, 5) is 14.5. The Hall–Kier alpha value is -2.21. The molecule has 0 aromatic heterocycles. The number of methoxy groups -OCH3 is 3. The molecule has 2 rings (SSSR count). The molecule has 0 bridgehead atoms. The normalized spacial score (nSPS) is 10.4. The molecule has 0 saturated heterocycles. The first-order chi connectivity index (χ1) is 13.0. The molecule has 2 aromatic rings. The highest BCUT2D eigenvalue weighted by molar-refractivity contribution is 9.10. The lowest BCUT2D eigenvalue weighted by molar-refractivity contribution is -0.131. The van der Waals surface area contributed by atoms with Crippen LogP contribution in [0.25, 0.3) is 0 Å². The number of aryl methyl sites for hydroxylation is 1. The molecule has 0 N–H and O–H groups in total. The summed E-state index contributed by atoms with van der Waals surface area (Å²) in [5.74, 6) is 2.26. The van der Waals surface area contributed by atoms with Gasteiger partial charge in [-0.05, 0) is 64.7 Å². The van der Waals surface area contributed by atoms with Crippen molar-refractivity contribution >= 4 is 21.8 Å². The van der Waals surface area contributed by atoms with E-state index in [4.69, 9.17) is 14.2 Å². The van der Waals surface area contributed by atoms with Gasteiger partial charge in [0.15, 0.2) is 11.5 Å². The van der Waals surface area contributed by atoms with Gasteiger partial charge in [0, 0.05) is 19.5 Å². The number of carbonyl (C=O) groups is 1. The molecule has 0 saturated carbocycles. The summed E-state index contributed by atoms with van der Waals surface area (Å²) >= 11 is 3.48. The molecule has 2 aromatic carbocycles. The average molecular weight is 436 g/mol. The maximum absolute atomic E-state index is 12.7. The fraction of sp³-hybridized carbons (Fsp3) is 0.381. The van der Waals surface area contributed by atoms with Crippen molar-refractivity contribution in [3.05, 3.63) is 52.0 Å². The molecule has 1 amide bonds. The minimum Gasteiger partial charge on any atom is -0.496 e. The summed E-state index contributed by atoms with van der Waals surface area (Å²) in [5, 5.41) is 0. The topological polar surface area (TPSA) is 48.0 Å². The van der Waals surface area contributed by atoms with Gasteiger partial charge in [-0.15, -0.1) is 0 Å². The van der Waals surface area contributed by atoms with Crippen molar-refractivity contribution in [2.45, 2.75) is 26.3 Å². The van der Waals surface area contributed by atoms with E-state index in [1.54, 1.807) is 21.3 Å². The molecule has 0 spiro atoms. The number of amides is 1. The highest BCUT2D eigenvalue weighted by Gasteiger charge is 2.14. The van der Waals surface area contributed by atoms with Gasteiger partial charge in [-0.25, -0.2) is 0 Å². The molecule has 0 aliphatic heterocycles. The molecule has 0 radical (unpaired) electrons. The van der Waals surface area contributed by atoms with Gasteiger partial charge in [0.1, 0.15) is 5.75 Å². The number of nitrogens with zero attached hydrogens (tertiary/aromatic N) is 1. The minimum absolute atomic E-state index is 0.124. The van der Waals surface area contributed by atoms with E-state index in [1.807, 2.05) is 48.2 Å². The standard InChI is InChI=1S/C21H26BrNO4/c1-5-23(14-16-7-10-19(26-3)20(13-16)27-4)21(24)11-8-15-6-9-18(25-2)17(22)12-15/h6-7,9-10,12-13H,5,8,11,14H2,1-4H3. The molecular weight excluding hydrogens is 410 g/mol. The van der Waals surface area contributed by atoms with E-state index in [0.717, 1.165) is 21.3 Å². The highest BCUT2D eigenvalue weighted by atomic mass is 79.9. The molecule has 0 atom stereocenters. The zero-order chi connectivity index (χ0) is 19.8. The lowest BCUT2D eigenvalue weighted by Crippen LogP contribution is -2.30. The third-order valence-corrected chi connectivity index (χ3v) is 5.02. The predicted molar refractivity (Wildman–Crippen MR) is 110 cm³/mol. The smallest absolute Gasteiger partial charge is 0.223 e. The van der Waals surface area contributed by atoms with E-state index < -0.39 is 0 Å². The maximum Gasteiger partial charge on any atom is 0.223 e. The van der Waals surface area contributed by atoms with Crippen LogP contribution < -0.4 is 14.2 Å². The molecular formula is C21H26BrNO4. The fourth-order valence-corrected chi connectivity index (χ4v) is 3.44. The second kappa shape index (κ2) is 10.2. The Balaban J connectivity index is 2.00. The zero-order valence-corrected chi connectivity index (χ0v) is 17.8. The summed E-state index contributed by atoms with van der Waals surface area (Å²) in [6, 6.07) is 11.6. The molecule has 6 heteroatoms. The van der Waals surface area contributed by atoms with Crippen LogP contribution in [-0.4, -0.2) is 38.7 Å². The monoisotopic (exact) mass is 435 g/mol. The molecule has 0 fully saturated rings. The Morgan fingerprint density at radius 2 is 1.56 bits per heavy atom. The fourth-order valence-electron chi connectivity index (χ4n) is 2.85. The Labute approximate surface area is 169 Å². The first-order valence-corrected chi connectivity index (χ1v) is 9.62. The van der Waals surface area contributed by atoms with Crippen LogP contribution >= 0.6 is 15.9 Å². The second-order valence-corrected chi connectivity index (χ2v) is 6.92. The van der Waals surface area contributed by atoms with Crippen LogP contribution in [0.1, 0.15) is 24.5 Å². The van der Waals surface area contributed by atoms with E-state index in [2.05, 4.69) is 15.9 Å². The number of rotatable bonds is 9. The van der Waals surface area contributed by atoms with Gasteiger partial charge >= 0.3 is 0 Å². The Morgan fingerprint density at radius 1 is 0.926 bits per heavy atom. The SMILES string of the molecule is CCN(Cc1ccc(OC)c(OC)c1)C(=O)CCc1ccc(OC)c(Br)c1. The third kappa shape index (κ3) is 5.63. The second-order valence-electron chi connectivity index (χ2n) is 6.07. The molecule has 146 valence electrons. The van der Waals surface area contributed by atoms with E-state index in [1.165, 1.54) is 0 Å². The molecule has 0 aliphatic carbocycles. The van der Waals surface area contributed by atoms with Gasteiger partial charge in [-0.1, -0.05) is 12.1 Å². The van der Waals surface area contributed by atoms with Crippen LogP contribution in [0, 0.1) is 0 Å². The molecule has 0 heterocycles. The first-order valence-electron chi connectivity index (χ1n) is 8.83. The van der Waals surface area contributed by atoms with Crippen molar-refractivity contribution in [3.63, 3.8) is 0 Å². The van der Waals surface area contributed by atoms with Crippen molar-refractivity contribution in [3.8, 4) is 17.2 Å². The van der Waals surface area contributed by atoms with Crippen LogP contribution in [0.15, 0.2) is 40.9 Å². The number of benzene rings is 2. The maximum atomic E-state index is 12.7. The van der Waals surface area contributed by atoms with Crippen molar-refractivity contribution < 1.29 is 19.0 Å². The third-order valence-electron chi connectivity index (χ3n) is 4.40. The van der Waals surface area contributed by atoms with E-state index in [-0.39, 0.29) is 5.91 Å². The van der Waals surface area contributed by atoms with Crippen molar-refractivity contribution in [1.29, 1.82) is 0 Å². The van der Waals surface area contributed by atoms with Crippen LogP contribution in [0.3, 0.4) is 0 Å². The van der Waals surface area contributed by atoms with Crippen molar-refractivity contribution in [2.75, 3.05) is 27.9 Å². The van der Waals surface area contributed by atoms with Gasteiger partial charge in [0.05, 0.1) is 25.8 Å². The molecule has 27 heavy (non-hydrogen) atoms. The van der Waals surface area contributed by atoms with Crippen LogP contribution in [0.5, 0.6) is 17.2 Å². The Kier molecular flexibility index (Phi) is 7.98. The van der Waals surface area contributed by atoms with Gasteiger partial charge in [0.2, 0.25) is 5.91 Å². The van der Waals surface area contributed by atoms with Gasteiger partial charge in [-0.3, -0.25) is 4.79 Å². The first kappa shape index (κ1) is 21.1. The van der Waals surface area contributed by atoms with Crippen LogP contribution in [-0.2, 0) is 17.8 Å². The Bertz CT molecular complexity index is 779. The lowest BCUT2D eigenvalue weighted by atomic mass is 10.1. The minimum atomic E-state index is 0.124. The van der Waals surface area contributed by atoms with E-state index in [0.29, 0.717) is 37.4 Å². The number of hydrogen-bond donors (Lipinski definition) is 0. The summed E-state index contributed by atoms with van der Waals surface area (Å²) in [5.41, 5.74) is 2.10.